The lowest BCUT2D eigenvalue weighted by Crippen LogP contribution is -2.55. The van der Waals surface area contributed by atoms with E-state index in [2.05, 4.69) is 13.8 Å². The monoisotopic (exact) mass is 200 g/mol. The van der Waals surface area contributed by atoms with Gasteiger partial charge in [-0.05, 0) is 19.8 Å². The van der Waals surface area contributed by atoms with Crippen LogP contribution in [0.1, 0.15) is 39.5 Å². The van der Waals surface area contributed by atoms with Crippen LogP contribution in [0.3, 0.4) is 0 Å². The van der Waals surface area contributed by atoms with Crippen molar-refractivity contribution >= 4 is 0 Å². The van der Waals surface area contributed by atoms with E-state index in [1.165, 1.54) is 56.3 Å². The number of quaternary nitrogens is 1. The van der Waals surface area contributed by atoms with E-state index in [-0.39, 0.29) is 0 Å². The van der Waals surface area contributed by atoms with Gasteiger partial charge in [-0.1, -0.05) is 19.8 Å². The van der Waals surface area contributed by atoms with Crippen LogP contribution in [0, 0.1) is 0 Å². The van der Waals surface area contributed by atoms with Crippen molar-refractivity contribution in [2.45, 2.75) is 39.5 Å². The second-order valence-corrected chi connectivity index (χ2v) is 4.50. The number of morpholine rings is 1. The average molecular weight is 200 g/mol. The number of likely N-dealkylation sites (N-methyl/N-ethyl adjacent to an activating group) is 1. The van der Waals surface area contributed by atoms with Crippen LogP contribution < -0.4 is 0 Å². The molecule has 0 N–H and O–H groups in total. The quantitative estimate of drug-likeness (QED) is 0.473. The van der Waals surface area contributed by atoms with Gasteiger partial charge in [0.15, 0.2) is 0 Å². The van der Waals surface area contributed by atoms with Gasteiger partial charge in [-0.25, -0.2) is 0 Å². The van der Waals surface area contributed by atoms with Crippen LogP contribution in [-0.2, 0) is 4.74 Å². The number of nitrogens with zero attached hydrogens (tertiary/aromatic N) is 1. The number of unbranched alkanes of at least 4 members (excludes halogenated alkanes) is 3. The summed E-state index contributed by atoms with van der Waals surface area (Å²) in [5, 5.41) is 0. The van der Waals surface area contributed by atoms with Crippen LogP contribution in [0.15, 0.2) is 0 Å². The normalized spacial score (nSPS) is 21.0. The van der Waals surface area contributed by atoms with Gasteiger partial charge in [0, 0.05) is 0 Å². The summed E-state index contributed by atoms with van der Waals surface area (Å²) in [5.74, 6) is 0. The highest BCUT2D eigenvalue weighted by atomic mass is 16.5. The summed E-state index contributed by atoms with van der Waals surface area (Å²) in [4.78, 5) is 0. The average Bonchev–Trinajstić information content (AvgIpc) is 2.26. The Morgan fingerprint density at radius 2 is 1.71 bits per heavy atom. The van der Waals surface area contributed by atoms with Crippen molar-refractivity contribution in [2.24, 2.45) is 0 Å². The SMILES string of the molecule is CCCCCC[N+]1(CC)CCOCC1. The predicted octanol–water partition coefficient (Wildman–Crippen LogP) is 2.43. The Hall–Kier alpha value is -0.0800. The molecule has 1 aliphatic heterocycles. The fourth-order valence-corrected chi connectivity index (χ4v) is 2.30. The zero-order valence-electron chi connectivity index (χ0n) is 9.93. The first kappa shape index (κ1) is 12.0. The van der Waals surface area contributed by atoms with Crippen molar-refractivity contribution in [3.05, 3.63) is 0 Å². The van der Waals surface area contributed by atoms with E-state index >= 15 is 0 Å². The molecule has 0 saturated carbocycles. The first-order valence-electron chi connectivity index (χ1n) is 6.26. The zero-order valence-corrected chi connectivity index (χ0v) is 9.93. The lowest BCUT2D eigenvalue weighted by atomic mass is 10.1. The van der Waals surface area contributed by atoms with E-state index in [0.29, 0.717) is 0 Å². The largest absolute Gasteiger partial charge is 0.370 e. The highest BCUT2D eigenvalue weighted by Gasteiger charge is 2.27. The van der Waals surface area contributed by atoms with Crippen LogP contribution in [0.2, 0.25) is 0 Å². The van der Waals surface area contributed by atoms with Crippen molar-refractivity contribution in [1.82, 2.24) is 0 Å². The minimum atomic E-state index is 0.974. The third-order valence-electron chi connectivity index (χ3n) is 3.58. The molecule has 0 atom stereocenters. The van der Waals surface area contributed by atoms with Gasteiger partial charge in [0.05, 0.1) is 26.3 Å². The van der Waals surface area contributed by atoms with Crippen LogP contribution >= 0.6 is 0 Å². The molecule has 0 aliphatic carbocycles. The summed E-state index contributed by atoms with van der Waals surface area (Å²) < 4.78 is 6.75. The Morgan fingerprint density at radius 3 is 2.29 bits per heavy atom. The maximum Gasteiger partial charge on any atom is 0.102 e. The third-order valence-corrected chi connectivity index (χ3v) is 3.58. The van der Waals surface area contributed by atoms with Crippen molar-refractivity contribution in [3.8, 4) is 0 Å². The van der Waals surface area contributed by atoms with Gasteiger partial charge in [0.2, 0.25) is 0 Å². The summed E-state index contributed by atoms with van der Waals surface area (Å²) in [6.45, 7) is 11.7. The summed E-state index contributed by atoms with van der Waals surface area (Å²) >= 11 is 0. The first-order chi connectivity index (χ1) is 6.83. The molecule has 2 heteroatoms. The van der Waals surface area contributed by atoms with E-state index in [4.69, 9.17) is 4.74 Å². The Labute approximate surface area is 88.8 Å². The van der Waals surface area contributed by atoms with Crippen LogP contribution in [0.4, 0.5) is 0 Å². The summed E-state index contributed by atoms with van der Waals surface area (Å²) in [7, 11) is 0. The molecule has 0 aromatic carbocycles. The zero-order chi connectivity index (χ0) is 10.3. The van der Waals surface area contributed by atoms with Crippen LogP contribution in [-0.4, -0.2) is 43.9 Å². The van der Waals surface area contributed by atoms with Crippen molar-refractivity contribution < 1.29 is 9.22 Å². The Balaban J connectivity index is 2.22. The molecule has 1 fully saturated rings. The molecule has 14 heavy (non-hydrogen) atoms. The number of ether oxygens (including phenoxy) is 1. The molecule has 1 saturated heterocycles. The van der Waals surface area contributed by atoms with Gasteiger partial charge in [0.25, 0.3) is 0 Å². The maximum atomic E-state index is 5.44. The van der Waals surface area contributed by atoms with Gasteiger partial charge < -0.3 is 9.22 Å². The van der Waals surface area contributed by atoms with Crippen molar-refractivity contribution in [2.75, 3.05) is 39.4 Å². The number of hydrogen-bond acceptors (Lipinski definition) is 1. The fourth-order valence-electron chi connectivity index (χ4n) is 2.30. The molecule has 0 amide bonds. The molecule has 0 radical (unpaired) electrons. The predicted molar refractivity (Wildman–Crippen MR) is 60.4 cm³/mol. The second-order valence-electron chi connectivity index (χ2n) is 4.50. The molecule has 0 bridgehead atoms. The highest BCUT2D eigenvalue weighted by Crippen LogP contribution is 2.13. The minimum absolute atomic E-state index is 0.974. The van der Waals surface area contributed by atoms with E-state index in [1.54, 1.807) is 0 Å². The summed E-state index contributed by atoms with van der Waals surface area (Å²) in [6.07, 6.45) is 5.56. The van der Waals surface area contributed by atoms with Gasteiger partial charge >= 0.3 is 0 Å². The standard InChI is InChI=1S/C12H26NO/c1-3-5-6-7-8-13(4-2)9-11-14-12-10-13/h3-12H2,1-2H3/q+1. The van der Waals surface area contributed by atoms with E-state index in [1.807, 2.05) is 0 Å². The molecule has 0 spiro atoms. The third kappa shape index (κ3) is 3.58. The van der Waals surface area contributed by atoms with Crippen molar-refractivity contribution in [3.63, 3.8) is 0 Å². The van der Waals surface area contributed by atoms with Gasteiger partial charge in [0.1, 0.15) is 13.1 Å². The van der Waals surface area contributed by atoms with Gasteiger partial charge in [-0.2, -0.15) is 0 Å². The van der Waals surface area contributed by atoms with Gasteiger partial charge in [-0.15, -0.1) is 0 Å². The number of hydrogen-bond donors (Lipinski definition) is 0. The smallest absolute Gasteiger partial charge is 0.102 e. The highest BCUT2D eigenvalue weighted by molar-refractivity contribution is 4.50. The maximum absolute atomic E-state index is 5.44. The minimum Gasteiger partial charge on any atom is -0.370 e. The molecular formula is C12H26NO+. The number of rotatable bonds is 6. The Kier molecular flexibility index (Phi) is 5.49. The Bertz CT molecular complexity index is 141. The van der Waals surface area contributed by atoms with Crippen molar-refractivity contribution in [1.29, 1.82) is 0 Å². The fraction of sp³-hybridized carbons (Fsp3) is 1.00. The Morgan fingerprint density at radius 1 is 1.00 bits per heavy atom. The molecule has 0 aromatic rings. The van der Waals surface area contributed by atoms with Gasteiger partial charge in [-0.3, -0.25) is 0 Å². The molecule has 0 aromatic heterocycles. The molecule has 1 rings (SSSR count). The van der Waals surface area contributed by atoms with E-state index in [9.17, 15) is 0 Å². The van der Waals surface area contributed by atoms with E-state index in [0.717, 1.165) is 13.2 Å². The van der Waals surface area contributed by atoms with Crippen LogP contribution in [0.25, 0.3) is 0 Å². The molecular weight excluding hydrogens is 174 g/mol. The summed E-state index contributed by atoms with van der Waals surface area (Å²) in [6, 6.07) is 0. The molecule has 1 heterocycles. The molecule has 1 aliphatic rings. The lowest BCUT2D eigenvalue weighted by Gasteiger charge is -2.40. The summed E-state index contributed by atoms with van der Waals surface area (Å²) in [5.41, 5.74) is 0. The lowest BCUT2D eigenvalue weighted by molar-refractivity contribution is -0.933. The molecule has 2 nitrogen and oxygen atoms in total. The van der Waals surface area contributed by atoms with E-state index < -0.39 is 0 Å². The molecule has 84 valence electrons. The molecule has 0 unspecified atom stereocenters. The topological polar surface area (TPSA) is 9.23 Å². The first-order valence-corrected chi connectivity index (χ1v) is 6.26. The second kappa shape index (κ2) is 6.41. The van der Waals surface area contributed by atoms with Crippen LogP contribution in [0.5, 0.6) is 0 Å².